The summed E-state index contributed by atoms with van der Waals surface area (Å²) in [6.07, 6.45) is 1.19. The average Bonchev–Trinajstić information content (AvgIpc) is 3.33. The molecule has 0 aliphatic carbocycles. The topological polar surface area (TPSA) is 118 Å². The van der Waals surface area contributed by atoms with Gasteiger partial charge in [-0.15, -0.1) is 0 Å². The van der Waals surface area contributed by atoms with Crippen molar-refractivity contribution < 1.29 is 23.6 Å². The number of nitro benzene ring substituents is 1. The van der Waals surface area contributed by atoms with Gasteiger partial charge in [0, 0.05) is 0 Å². The average molecular weight is 459 g/mol. The molecule has 0 fully saturated rings. The van der Waals surface area contributed by atoms with Crippen molar-refractivity contribution in [3.63, 3.8) is 0 Å². The van der Waals surface area contributed by atoms with E-state index in [2.05, 4.69) is 10.5 Å². The predicted octanol–water partition coefficient (Wildman–Crippen LogP) is 4.38. The zero-order valence-electron chi connectivity index (χ0n) is 17.6. The number of nitrogens with zero attached hydrogens (tertiary/aromatic N) is 2. The number of benzene rings is 3. The summed E-state index contributed by atoms with van der Waals surface area (Å²) in [5, 5.41) is 26.5. The van der Waals surface area contributed by atoms with Crippen molar-refractivity contribution in [2.75, 3.05) is 0 Å². The fourth-order valence-corrected chi connectivity index (χ4v) is 3.45. The first-order valence-electron chi connectivity index (χ1n) is 10.1. The van der Waals surface area contributed by atoms with Crippen LogP contribution in [-0.4, -0.2) is 22.2 Å². The molecule has 0 bridgehead atoms. The maximum atomic E-state index is 13.4. The predicted molar refractivity (Wildman–Crippen MR) is 122 cm³/mol. The molecule has 0 aliphatic heterocycles. The minimum atomic E-state index is -2.00. The Kier molecular flexibility index (Phi) is 6.28. The number of aliphatic hydroxyl groups is 1. The van der Waals surface area contributed by atoms with E-state index in [9.17, 15) is 24.4 Å². The van der Waals surface area contributed by atoms with E-state index in [0.29, 0.717) is 11.1 Å². The summed E-state index contributed by atoms with van der Waals surface area (Å²) in [6.45, 7) is 0. The summed E-state index contributed by atoms with van der Waals surface area (Å²) >= 11 is 0. The Balaban J connectivity index is 1.56. The summed E-state index contributed by atoms with van der Waals surface area (Å²) in [5.74, 6) is -1.22. The molecule has 8 nitrogen and oxygen atoms in total. The summed E-state index contributed by atoms with van der Waals surface area (Å²) in [5.41, 5.74) is 0.691. The molecule has 170 valence electrons. The minimum Gasteiger partial charge on any atom is -0.455 e. The molecule has 0 unspecified atom stereocenters. The highest BCUT2D eigenvalue weighted by Crippen LogP contribution is 2.32. The van der Waals surface area contributed by atoms with Gasteiger partial charge in [-0.05, 0) is 35.4 Å². The van der Waals surface area contributed by atoms with E-state index in [1.54, 1.807) is 60.7 Å². The largest absolute Gasteiger partial charge is 0.455 e. The molecule has 1 heterocycles. The number of rotatable bonds is 7. The highest BCUT2D eigenvalue weighted by atomic mass is 19.1. The number of halogens is 1. The van der Waals surface area contributed by atoms with Gasteiger partial charge in [-0.3, -0.25) is 14.9 Å². The summed E-state index contributed by atoms with van der Waals surface area (Å²) in [6, 6.07) is 23.0. The van der Waals surface area contributed by atoms with E-state index in [4.69, 9.17) is 4.42 Å². The van der Waals surface area contributed by atoms with Crippen molar-refractivity contribution in [1.82, 2.24) is 5.43 Å². The van der Waals surface area contributed by atoms with Crippen LogP contribution in [-0.2, 0) is 10.4 Å². The fourth-order valence-electron chi connectivity index (χ4n) is 3.45. The van der Waals surface area contributed by atoms with Crippen LogP contribution in [0.15, 0.2) is 101 Å². The Hall–Kier alpha value is -4.63. The second kappa shape index (κ2) is 9.47. The Bertz CT molecular complexity index is 1310. The molecular formula is C25H18FN3O5. The number of amides is 1. The zero-order valence-corrected chi connectivity index (χ0v) is 17.6. The van der Waals surface area contributed by atoms with Gasteiger partial charge in [-0.1, -0.05) is 60.7 Å². The lowest BCUT2D eigenvalue weighted by atomic mass is 9.85. The smallest absolute Gasteiger partial charge is 0.283 e. The van der Waals surface area contributed by atoms with Crippen molar-refractivity contribution in [3.05, 3.63) is 124 Å². The summed E-state index contributed by atoms with van der Waals surface area (Å²) in [4.78, 5) is 23.5. The van der Waals surface area contributed by atoms with E-state index in [1.807, 2.05) is 0 Å². The highest BCUT2D eigenvalue weighted by molar-refractivity contribution is 5.91. The molecule has 0 saturated heterocycles. The number of nitrogens with one attached hydrogen (secondary N) is 1. The van der Waals surface area contributed by atoms with Gasteiger partial charge in [-0.25, -0.2) is 9.82 Å². The number of hydrogen-bond acceptors (Lipinski definition) is 6. The van der Waals surface area contributed by atoms with Crippen molar-refractivity contribution in [3.8, 4) is 11.3 Å². The molecule has 9 heteroatoms. The van der Waals surface area contributed by atoms with Gasteiger partial charge in [0.25, 0.3) is 11.6 Å². The van der Waals surface area contributed by atoms with E-state index < -0.39 is 27.9 Å². The van der Waals surface area contributed by atoms with Crippen molar-refractivity contribution in [2.24, 2.45) is 5.10 Å². The van der Waals surface area contributed by atoms with Crippen molar-refractivity contribution in [1.29, 1.82) is 0 Å². The van der Waals surface area contributed by atoms with Gasteiger partial charge in [0.05, 0.1) is 22.8 Å². The van der Waals surface area contributed by atoms with Crippen LogP contribution in [0.25, 0.3) is 11.3 Å². The third-order valence-electron chi connectivity index (χ3n) is 5.12. The first kappa shape index (κ1) is 22.6. The molecule has 0 spiro atoms. The Labute approximate surface area is 193 Å². The SMILES string of the molecule is O=C(N/N=C\c1ccc(-c2ccc(F)cc2[N+](=O)[O-])o1)C(O)(c1ccccc1)c1ccccc1. The van der Waals surface area contributed by atoms with Crippen LogP contribution in [0.2, 0.25) is 0 Å². The highest BCUT2D eigenvalue weighted by Gasteiger charge is 2.39. The normalized spacial score (nSPS) is 11.5. The molecule has 0 atom stereocenters. The molecule has 4 rings (SSSR count). The Morgan fingerprint density at radius 3 is 2.21 bits per heavy atom. The number of carbonyl (C=O) groups is 1. The standard InChI is InChI=1S/C25H18FN3O5/c26-19-11-13-21(22(15-19)29(32)33)23-14-12-20(34-23)16-27-28-24(30)25(31,17-7-3-1-4-8-17)18-9-5-2-6-10-18/h1-16,31H,(H,28,30)/b27-16-. The second-order valence-corrected chi connectivity index (χ2v) is 7.26. The van der Waals surface area contributed by atoms with Gasteiger partial charge in [0.15, 0.2) is 5.60 Å². The maximum absolute atomic E-state index is 13.4. The molecule has 1 aromatic heterocycles. The van der Waals surface area contributed by atoms with Crippen LogP contribution in [0.1, 0.15) is 16.9 Å². The van der Waals surface area contributed by atoms with Crippen LogP contribution in [0.5, 0.6) is 0 Å². The quantitative estimate of drug-likeness (QED) is 0.242. The number of hydrazone groups is 1. The molecule has 0 saturated carbocycles. The first-order valence-corrected chi connectivity index (χ1v) is 10.1. The second-order valence-electron chi connectivity index (χ2n) is 7.26. The molecule has 2 N–H and O–H groups in total. The summed E-state index contributed by atoms with van der Waals surface area (Å²) < 4.78 is 18.9. The molecule has 0 radical (unpaired) electrons. The maximum Gasteiger partial charge on any atom is 0.283 e. The van der Waals surface area contributed by atoms with Gasteiger partial charge in [0.1, 0.15) is 17.3 Å². The number of hydrogen-bond donors (Lipinski definition) is 2. The van der Waals surface area contributed by atoms with Gasteiger partial charge >= 0.3 is 0 Å². The fraction of sp³-hybridized carbons (Fsp3) is 0.0400. The van der Waals surface area contributed by atoms with Crippen LogP contribution < -0.4 is 5.43 Å². The Morgan fingerprint density at radius 2 is 1.62 bits per heavy atom. The van der Waals surface area contributed by atoms with Crippen LogP contribution in [0, 0.1) is 15.9 Å². The molecule has 4 aromatic rings. The number of carbonyl (C=O) groups excluding carboxylic acids is 1. The van der Waals surface area contributed by atoms with Crippen LogP contribution >= 0.6 is 0 Å². The molecule has 34 heavy (non-hydrogen) atoms. The zero-order chi connectivity index (χ0) is 24.1. The van der Waals surface area contributed by atoms with Crippen molar-refractivity contribution >= 4 is 17.8 Å². The van der Waals surface area contributed by atoms with Gasteiger partial charge in [-0.2, -0.15) is 5.10 Å². The minimum absolute atomic E-state index is 0.0950. The summed E-state index contributed by atoms with van der Waals surface area (Å²) in [7, 11) is 0. The van der Waals surface area contributed by atoms with Crippen LogP contribution in [0.3, 0.4) is 0 Å². The molecule has 0 aliphatic rings. The monoisotopic (exact) mass is 459 g/mol. The third-order valence-corrected chi connectivity index (χ3v) is 5.12. The van der Waals surface area contributed by atoms with E-state index in [0.717, 1.165) is 12.1 Å². The number of furan rings is 1. The third kappa shape index (κ3) is 4.45. The number of nitro groups is 1. The van der Waals surface area contributed by atoms with E-state index in [-0.39, 0.29) is 17.1 Å². The van der Waals surface area contributed by atoms with Crippen LogP contribution in [0.4, 0.5) is 10.1 Å². The van der Waals surface area contributed by atoms with E-state index in [1.165, 1.54) is 24.4 Å². The molecular weight excluding hydrogens is 441 g/mol. The molecule has 1 amide bonds. The van der Waals surface area contributed by atoms with E-state index >= 15 is 0 Å². The van der Waals surface area contributed by atoms with Crippen molar-refractivity contribution in [2.45, 2.75) is 5.60 Å². The molecule has 3 aromatic carbocycles. The lowest BCUT2D eigenvalue weighted by molar-refractivity contribution is -0.384. The lowest BCUT2D eigenvalue weighted by Crippen LogP contribution is -2.43. The lowest BCUT2D eigenvalue weighted by Gasteiger charge is -2.26. The van der Waals surface area contributed by atoms with Gasteiger partial charge in [0.2, 0.25) is 0 Å². The first-order chi connectivity index (χ1) is 16.4. The van der Waals surface area contributed by atoms with Gasteiger partial charge < -0.3 is 9.52 Å². The Morgan fingerprint density at radius 1 is 1.00 bits per heavy atom.